The van der Waals surface area contributed by atoms with E-state index in [0.717, 1.165) is 5.56 Å². The van der Waals surface area contributed by atoms with Crippen LogP contribution in [-0.2, 0) is 63.7 Å². The van der Waals surface area contributed by atoms with Crippen LogP contribution in [0.15, 0.2) is 30.3 Å². The first kappa shape index (κ1) is 54.4. The number of rotatable bonds is 32. The predicted molar refractivity (Wildman–Crippen MR) is 225 cm³/mol. The molecule has 0 aromatic heterocycles. The number of methoxy groups -OCH3 is 1. The smallest absolute Gasteiger partial charge is 0.408 e. The number of alkyl carbamates (subject to hydrolysis) is 2. The topological polar surface area (TPSA) is 220 Å². The van der Waals surface area contributed by atoms with Crippen molar-refractivity contribution in [3.8, 4) is 0 Å². The second-order valence-corrected chi connectivity index (χ2v) is 16.7. The summed E-state index contributed by atoms with van der Waals surface area (Å²) in [4.78, 5) is 86.3. The third-order valence-corrected chi connectivity index (χ3v) is 8.40. The van der Waals surface area contributed by atoms with Gasteiger partial charge in [-0.1, -0.05) is 36.8 Å². The molecule has 1 rings (SSSR count). The van der Waals surface area contributed by atoms with Crippen molar-refractivity contribution in [1.29, 1.82) is 0 Å². The lowest BCUT2D eigenvalue weighted by atomic mass is 10.0. The van der Waals surface area contributed by atoms with Gasteiger partial charge in [0.05, 0.1) is 46.8 Å². The van der Waals surface area contributed by atoms with Gasteiger partial charge in [-0.15, -0.1) is 0 Å². The standard InChI is InChI=1S/C44H71N3O14/c1-42(2,3)60-39(52)21-14-19-36(49)23-28-57-32-44(47-41(54)59-30-34-16-10-8-11-17-34,31-56-27-22-35(48)18-12-9-13-20-38(51)55-7)33-58-29-24-37(50)45-25-15-26-46-40(53)61-43(4,5)6/h8,10-11,16-17H,9,12-15,18-33H2,1-7H3,(H,45,50)(H,46,53)(H,47,54). The SMILES string of the molecule is COC(=O)CCCCCC(=O)CCOCC(COCCC(=O)CCCC(=O)OC(C)(C)C)(COCCC(=O)NCCCNC(=O)OC(C)(C)C)NC(=O)OCc1ccccc1. The number of ketones is 2. The molecule has 3 amide bonds. The monoisotopic (exact) mass is 865 g/mol. The molecule has 346 valence electrons. The summed E-state index contributed by atoms with van der Waals surface area (Å²) in [6, 6.07) is 9.08. The number of unbranched alkanes of at least 4 members (excludes halogenated alkanes) is 2. The molecule has 0 spiro atoms. The molecule has 0 radical (unpaired) electrons. The van der Waals surface area contributed by atoms with E-state index in [1.165, 1.54) is 7.11 Å². The van der Waals surface area contributed by atoms with Crippen LogP contribution in [0, 0.1) is 0 Å². The highest BCUT2D eigenvalue weighted by Gasteiger charge is 2.35. The molecular weight excluding hydrogens is 794 g/mol. The van der Waals surface area contributed by atoms with E-state index in [4.69, 9.17) is 28.4 Å². The van der Waals surface area contributed by atoms with E-state index in [1.54, 1.807) is 53.7 Å². The summed E-state index contributed by atoms with van der Waals surface area (Å²) in [6.07, 6.45) is 2.43. The Hall–Kier alpha value is -4.61. The molecule has 0 saturated heterocycles. The van der Waals surface area contributed by atoms with Crippen molar-refractivity contribution in [1.82, 2.24) is 16.0 Å². The maximum absolute atomic E-state index is 13.3. The zero-order valence-electron chi connectivity index (χ0n) is 37.5. The van der Waals surface area contributed by atoms with Gasteiger partial charge in [0.1, 0.15) is 34.9 Å². The van der Waals surface area contributed by atoms with Crippen LogP contribution in [-0.4, -0.2) is 118 Å². The molecule has 1 atom stereocenters. The third-order valence-electron chi connectivity index (χ3n) is 8.40. The van der Waals surface area contributed by atoms with Crippen molar-refractivity contribution in [2.45, 2.75) is 142 Å². The number of hydrogen-bond acceptors (Lipinski definition) is 14. The average molecular weight is 866 g/mol. The van der Waals surface area contributed by atoms with Crippen LogP contribution in [0.1, 0.15) is 124 Å². The van der Waals surface area contributed by atoms with Crippen LogP contribution in [0.4, 0.5) is 9.59 Å². The summed E-state index contributed by atoms with van der Waals surface area (Å²) < 4.78 is 38.5. The molecule has 61 heavy (non-hydrogen) atoms. The Morgan fingerprint density at radius 2 is 1.07 bits per heavy atom. The minimum atomic E-state index is -1.37. The molecule has 17 nitrogen and oxygen atoms in total. The van der Waals surface area contributed by atoms with Crippen LogP contribution in [0.25, 0.3) is 0 Å². The van der Waals surface area contributed by atoms with Gasteiger partial charge in [0, 0.05) is 58.0 Å². The summed E-state index contributed by atoms with van der Waals surface area (Å²) in [7, 11) is 1.33. The highest BCUT2D eigenvalue weighted by molar-refractivity contribution is 5.79. The number of Topliss-reactive ketones (excluding diaryl/α,β-unsaturated/α-hetero) is 2. The molecule has 0 fully saturated rings. The lowest BCUT2D eigenvalue weighted by Gasteiger charge is -2.33. The maximum Gasteiger partial charge on any atom is 0.408 e. The predicted octanol–water partition coefficient (Wildman–Crippen LogP) is 5.68. The van der Waals surface area contributed by atoms with E-state index >= 15 is 0 Å². The fraction of sp³-hybridized carbons (Fsp3) is 0.705. The van der Waals surface area contributed by atoms with Crippen molar-refractivity contribution in [2.75, 3.05) is 59.8 Å². The van der Waals surface area contributed by atoms with Crippen LogP contribution in [0.3, 0.4) is 0 Å². The van der Waals surface area contributed by atoms with Gasteiger partial charge < -0.3 is 49.1 Å². The number of esters is 2. The van der Waals surface area contributed by atoms with Crippen molar-refractivity contribution in [3.05, 3.63) is 35.9 Å². The zero-order chi connectivity index (χ0) is 45.6. The lowest BCUT2D eigenvalue weighted by molar-refractivity contribution is -0.155. The van der Waals surface area contributed by atoms with Crippen molar-refractivity contribution in [2.24, 2.45) is 0 Å². The number of carbonyl (C=O) groups excluding carboxylic acids is 7. The van der Waals surface area contributed by atoms with Crippen molar-refractivity contribution < 1.29 is 66.7 Å². The first-order valence-corrected chi connectivity index (χ1v) is 21.1. The fourth-order valence-corrected chi connectivity index (χ4v) is 5.40. The number of carbonyl (C=O) groups is 7. The van der Waals surface area contributed by atoms with Gasteiger partial charge in [0.25, 0.3) is 0 Å². The van der Waals surface area contributed by atoms with Gasteiger partial charge in [-0.2, -0.15) is 0 Å². The number of nitrogens with one attached hydrogen (secondary N) is 3. The highest BCUT2D eigenvalue weighted by atomic mass is 16.6. The molecule has 1 aromatic rings. The maximum atomic E-state index is 13.3. The Labute approximate surface area is 361 Å². The summed E-state index contributed by atoms with van der Waals surface area (Å²) in [5.41, 5.74) is -1.85. The molecule has 0 aliphatic carbocycles. The second-order valence-electron chi connectivity index (χ2n) is 16.7. The molecule has 0 aliphatic heterocycles. The van der Waals surface area contributed by atoms with E-state index < -0.39 is 28.9 Å². The molecule has 0 heterocycles. The first-order valence-electron chi connectivity index (χ1n) is 21.1. The van der Waals surface area contributed by atoms with E-state index in [0.29, 0.717) is 58.0 Å². The van der Waals surface area contributed by atoms with Crippen LogP contribution < -0.4 is 16.0 Å². The number of hydrogen-bond donors (Lipinski definition) is 3. The molecule has 0 aliphatic rings. The fourth-order valence-electron chi connectivity index (χ4n) is 5.40. The summed E-state index contributed by atoms with van der Waals surface area (Å²) in [5.74, 6) is -1.11. The van der Waals surface area contributed by atoms with Crippen molar-refractivity contribution >= 4 is 41.6 Å². The number of amides is 3. The Morgan fingerprint density at radius 1 is 0.541 bits per heavy atom. The van der Waals surface area contributed by atoms with E-state index in [9.17, 15) is 33.6 Å². The molecule has 17 heteroatoms. The van der Waals surface area contributed by atoms with E-state index in [-0.39, 0.29) is 108 Å². The Morgan fingerprint density at radius 3 is 1.64 bits per heavy atom. The number of ether oxygens (including phenoxy) is 7. The van der Waals surface area contributed by atoms with E-state index in [2.05, 4.69) is 20.7 Å². The minimum absolute atomic E-state index is 0.00653. The Bertz CT molecular complexity index is 1480. The highest BCUT2D eigenvalue weighted by Crippen LogP contribution is 2.14. The van der Waals surface area contributed by atoms with Crippen LogP contribution in [0.5, 0.6) is 0 Å². The van der Waals surface area contributed by atoms with Gasteiger partial charge >= 0.3 is 24.1 Å². The summed E-state index contributed by atoms with van der Waals surface area (Å²) >= 11 is 0. The van der Waals surface area contributed by atoms with Gasteiger partial charge in [-0.3, -0.25) is 24.0 Å². The Balaban J connectivity index is 2.91. The van der Waals surface area contributed by atoms with Gasteiger partial charge in [-0.25, -0.2) is 9.59 Å². The minimum Gasteiger partial charge on any atom is -0.469 e. The molecule has 0 saturated carbocycles. The van der Waals surface area contributed by atoms with E-state index in [1.807, 2.05) is 18.2 Å². The summed E-state index contributed by atoms with van der Waals surface area (Å²) in [6.45, 7) is 10.7. The summed E-state index contributed by atoms with van der Waals surface area (Å²) in [5, 5.41) is 8.23. The van der Waals surface area contributed by atoms with Gasteiger partial charge in [-0.05, 0) is 72.8 Å². The Kier molecular flexibility index (Phi) is 27.1. The lowest BCUT2D eigenvalue weighted by Crippen LogP contribution is -2.58. The van der Waals surface area contributed by atoms with Gasteiger partial charge in [0.2, 0.25) is 5.91 Å². The second kappa shape index (κ2) is 30.4. The first-order chi connectivity index (χ1) is 28.8. The quantitative estimate of drug-likeness (QED) is 0.0451. The number of benzene rings is 1. The molecular formula is C44H71N3O14. The third kappa shape index (κ3) is 31.0. The molecule has 0 bridgehead atoms. The van der Waals surface area contributed by atoms with Gasteiger partial charge in [0.15, 0.2) is 0 Å². The van der Waals surface area contributed by atoms with Crippen LogP contribution >= 0.6 is 0 Å². The van der Waals surface area contributed by atoms with Crippen molar-refractivity contribution in [3.63, 3.8) is 0 Å². The van der Waals surface area contributed by atoms with Crippen LogP contribution in [0.2, 0.25) is 0 Å². The normalized spacial score (nSPS) is 12.4. The largest absolute Gasteiger partial charge is 0.469 e. The zero-order valence-corrected chi connectivity index (χ0v) is 37.5. The average Bonchev–Trinajstić information content (AvgIpc) is 3.17. The molecule has 1 aromatic carbocycles. The molecule has 1 unspecified atom stereocenters. The molecule has 3 N–H and O–H groups in total.